The lowest BCUT2D eigenvalue weighted by Crippen LogP contribution is -2.13. The minimum absolute atomic E-state index is 0.166. The summed E-state index contributed by atoms with van der Waals surface area (Å²) in [5.74, 6) is -0.347. The molecule has 2 N–H and O–H groups in total. The number of pyridine rings is 1. The smallest absolute Gasteiger partial charge is 0.346 e. The van der Waals surface area contributed by atoms with E-state index in [1.54, 1.807) is 19.2 Å². The van der Waals surface area contributed by atoms with Gasteiger partial charge in [-0.15, -0.1) is 0 Å². The molecule has 25 heavy (non-hydrogen) atoms. The van der Waals surface area contributed by atoms with Crippen LogP contribution in [-0.2, 0) is 0 Å². The number of hydrogen-bond donors (Lipinski definition) is 2. The lowest BCUT2D eigenvalue weighted by molar-refractivity contribution is -0.0790. The first-order valence-electron chi connectivity index (χ1n) is 7.43. The van der Waals surface area contributed by atoms with Crippen LogP contribution in [0.1, 0.15) is 21.5 Å². The van der Waals surface area contributed by atoms with Crippen molar-refractivity contribution in [3.05, 3.63) is 65.5 Å². The van der Waals surface area contributed by atoms with Gasteiger partial charge in [-0.05, 0) is 36.2 Å². The number of allylic oxidation sites excluding steroid dienone is 1. The molecule has 3 aromatic rings. The van der Waals surface area contributed by atoms with Crippen molar-refractivity contribution in [3.63, 3.8) is 0 Å². The molecule has 128 valence electrons. The second-order valence-electron chi connectivity index (χ2n) is 5.54. The SMILES string of the molecule is Cc1cc(C=CC(F)(F)F)ccc1C(=O)Nc1cnc2[nH]ccc2c1. The number of carbonyl (C=O) groups is 1. The van der Waals surface area contributed by atoms with Gasteiger partial charge < -0.3 is 10.3 Å². The quantitative estimate of drug-likeness (QED) is 0.723. The Morgan fingerprint density at radius 2 is 2.04 bits per heavy atom. The third-order valence-corrected chi connectivity index (χ3v) is 3.62. The van der Waals surface area contributed by atoms with Gasteiger partial charge in [0.1, 0.15) is 5.65 Å². The number of rotatable bonds is 3. The van der Waals surface area contributed by atoms with Crippen molar-refractivity contribution in [2.24, 2.45) is 0 Å². The Hall–Kier alpha value is -3.09. The Morgan fingerprint density at radius 3 is 2.76 bits per heavy atom. The number of fused-ring (bicyclic) bond motifs is 1. The molecule has 1 amide bonds. The summed E-state index contributed by atoms with van der Waals surface area (Å²) in [6.45, 7) is 1.67. The van der Waals surface area contributed by atoms with Crippen molar-refractivity contribution in [2.75, 3.05) is 5.32 Å². The average Bonchev–Trinajstić information content (AvgIpc) is 3.00. The molecule has 0 aliphatic heterocycles. The van der Waals surface area contributed by atoms with Crippen LogP contribution in [0.25, 0.3) is 17.1 Å². The van der Waals surface area contributed by atoms with Crippen LogP contribution in [-0.4, -0.2) is 22.1 Å². The van der Waals surface area contributed by atoms with Gasteiger partial charge >= 0.3 is 6.18 Å². The highest BCUT2D eigenvalue weighted by molar-refractivity contribution is 6.05. The molecule has 0 radical (unpaired) electrons. The van der Waals surface area contributed by atoms with Crippen molar-refractivity contribution < 1.29 is 18.0 Å². The summed E-state index contributed by atoms with van der Waals surface area (Å²) >= 11 is 0. The first-order chi connectivity index (χ1) is 11.8. The minimum atomic E-state index is -4.37. The fourth-order valence-corrected chi connectivity index (χ4v) is 2.44. The maximum atomic E-state index is 12.4. The number of benzene rings is 1. The summed E-state index contributed by atoms with van der Waals surface area (Å²) in [4.78, 5) is 19.5. The third-order valence-electron chi connectivity index (χ3n) is 3.62. The predicted octanol–water partition coefficient (Wildman–Crippen LogP) is 4.70. The van der Waals surface area contributed by atoms with E-state index in [4.69, 9.17) is 0 Å². The number of H-pyrrole nitrogens is 1. The number of aromatic amines is 1. The zero-order valence-electron chi connectivity index (χ0n) is 13.2. The molecule has 0 fully saturated rings. The normalized spacial score (nSPS) is 12.0. The Balaban J connectivity index is 1.78. The van der Waals surface area contributed by atoms with Crippen molar-refractivity contribution in [1.82, 2.24) is 9.97 Å². The summed E-state index contributed by atoms with van der Waals surface area (Å²) in [6, 6.07) is 8.13. The molecule has 0 saturated carbocycles. The number of alkyl halides is 3. The highest BCUT2D eigenvalue weighted by Crippen LogP contribution is 2.21. The Kier molecular flexibility index (Phi) is 4.31. The molecule has 0 saturated heterocycles. The van der Waals surface area contributed by atoms with Gasteiger partial charge in [-0.1, -0.05) is 18.2 Å². The molecule has 1 aromatic carbocycles. The molecule has 0 aliphatic carbocycles. The van der Waals surface area contributed by atoms with Crippen LogP contribution in [0.4, 0.5) is 18.9 Å². The van der Waals surface area contributed by atoms with Crippen molar-refractivity contribution in [2.45, 2.75) is 13.1 Å². The molecule has 2 aromatic heterocycles. The van der Waals surface area contributed by atoms with E-state index in [2.05, 4.69) is 15.3 Å². The highest BCUT2D eigenvalue weighted by Gasteiger charge is 2.21. The molecule has 4 nitrogen and oxygen atoms in total. The van der Waals surface area contributed by atoms with E-state index in [0.717, 1.165) is 17.1 Å². The molecule has 0 atom stereocenters. The molecule has 0 unspecified atom stereocenters. The van der Waals surface area contributed by atoms with Crippen molar-refractivity contribution in [3.8, 4) is 0 Å². The number of aromatic nitrogens is 2. The van der Waals surface area contributed by atoms with E-state index < -0.39 is 6.18 Å². The summed E-state index contributed by atoms with van der Waals surface area (Å²) in [5.41, 5.74) is 2.60. The molecule has 0 bridgehead atoms. The maximum Gasteiger partial charge on any atom is 0.409 e. The van der Waals surface area contributed by atoms with Crippen molar-refractivity contribution in [1.29, 1.82) is 0 Å². The molecule has 2 heterocycles. The highest BCUT2D eigenvalue weighted by atomic mass is 19.4. The van der Waals surface area contributed by atoms with Crippen LogP contribution in [0.5, 0.6) is 0 Å². The Morgan fingerprint density at radius 1 is 1.24 bits per heavy atom. The Labute approximate surface area is 141 Å². The van der Waals surface area contributed by atoms with Crippen molar-refractivity contribution >= 4 is 28.7 Å². The van der Waals surface area contributed by atoms with Gasteiger partial charge in [-0.2, -0.15) is 13.2 Å². The van der Waals surface area contributed by atoms with Crippen LogP contribution in [0.3, 0.4) is 0 Å². The first kappa shape index (κ1) is 16.8. The lowest BCUT2D eigenvalue weighted by atomic mass is 10.0. The van der Waals surface area contributed by atoms with E-state index in [1.165, 1.54) is 24.4 Å². The lowest BCUT2D eigenvalue weighted by Gasteiger charge is -2.08. The topological polar surface area (TPSA) is 57.8 Å². The van der Waals surface area contributed by atoms with Gasteiger partial charge in [0, 0.05) is 23.2 Å². The monoisotopic (exact) mass is 345 g/mol. The number of amides is 1. The van der Waals surface area contributed by atoms with Crippen LogP contribution < -0.4 is 5.32 Å². The number of nitrogens with zero attached hydrogens (tertiary/aromatic N) is 1. The number of carbonyl (C=O) groups excluding carboxylic acids is 1. The first-order valence-corrected chi connectivity index (χ1v) is 7.43. The number of aryl methyl sites for hydroxylation is 1. The molecule has 0 spiro atoms. The molecule has 3 rings (SSSR count). The summed E-state index contributed by atoms with van der Waals surface area (Å²) in [7, 11) is 0. The minimum Gasteiger partial charge on any atom is -0.346 e. The van der Waals surface area contributed by atoms with E-state index in [-0.39, 0.29) is 12.0 Å². The number of anilines is 1. The van der Waals surface area contributed by atoms with E-state index in [9.17, 15) is 18.0 Å². The predicted molar refractivity (Wildman–Crippen MR) is 90.3 cm³/mol. The summed E-state index contributed by atoms with van der Waals surface area (Å²) < 4.78 is 36.7. The summed E-state index contributed by atoms with van der Waals surface area (Å²) in [5, 5.41) is 3.61. The fraction of sp³-hybridized carbons (Fsp3) is 0.111. The van der Waals surface area contributed by atoms with Crippen LogP contribution in [0, 0.1) is 6.92 Å². The van der Waals surface area contributed by atoms with Gasteiger partial charge in [0.25, 0.3) is 5.91 Å². The van der Waals surface area contributed by atoms with Crippen LogP contribution in [0.2, 0.25) is 0 Å². The maximum absolute atomic E-state index is 12.4. The average molecular weight is 345 g/mol. The van der Waals surface area contributed by atoms with E-state index in [0.29, 0.717) is 22.4 Å². The van der Waals surface area contributed by atoms with Crippen LogP contribution in [0.15, 0.2) is 48.8 Å². The number of halogens is 3. The van der Waals surface area contributed by atoms with Gasteiger partial charge in [-0.3, -0.25) is 4.79 Å². The van der Waals surface area contributed by atoms with E-state index in [1.807, 2.05) is 6.07 Å². The zero-order chi connectivity index (χ0) is 18.0. The number of hydrogen-bond acceptors (Lipinski definition) is 2. The van der Waals surface area contributed by atoms with Gasteiger partial charge in [0.15, 0.2) is 0 Å². The molecular formula is C18H14F3N3O. The fourth-order valence-electron chi connectivity index (χ4n) is 2.44. The molecular weight excluding hydrogens is 331 g/mol. The van der Waals surface area contributed by atoms with Crippen LogP contribution >= 0.6 is 0 Å². The van der Waals surface area contributed by atoms with Gasteiger partial charge in [0.2, 0.25) is 0 Å². The largest absolute Gasteiger partial charge is 0.409 e. The second kappa shape index (κ2) is 6.43. The second-order valence-corrected chi connectivity index (χ2v) is 5.54. The zero-order valence-corrected chi connectivity index (χ0v) is 13.2. The van der Waals surface area contributed by atoms with E-state index >= 15 is 0 Å². The standard InChI is InChI=1S/C18H14F3N3O/c1-11-8-12(4-6-18(19,20)21)2-3-15(11)17(25)24-14-9-13-5-7-22-16(13)23-10-14/h2-10H,1H3,(H,22,23)(H,24,25). The third kappa shape index (κ3) is 4.06. The van der Waals surface area contributed by atoms with Gasteiger partial charge in [0.05, 0.1) is 11.9 Å². The Bertz CT molecular complexity index is 958. The van der Waals surface area contributed by atoms with Gasteiger partial charge in [-0.25, -0.2) is 4.98 Å². The summed E-state index contributed by atoms with van der Waals surface area (Å²) in [6.07, 6.45) is 0.0542. The number of nitrogens with one attached hydrogen (secondary N) is 2. The molecule has 0 aliphatic rings. The molecule has 7 heteroatoms.